The number of benzene rings is 1. The summed E-state index contributed by atoms with van der Waals surface area (Å²) in [6.07, 6.45) is 1.59. The first kappa shape index (κ1) is 15.0. The van der Waals surface area contributed by atoms with Gasteiger partial charge in [-0.05, 0) is 30.2 Å². The molecule has 0 aliphatic carbocycles. The smallest absolute Gasteiger partial charge is 0.265 e. The van der Waals surface area contributed by atoms with Crippen LogP contribution < -0.4 is 0 Å². The molecule has 0 bridgehead atoms. The fraction of sp³-hybridized carbons (Fsp3) is 0.250. The van der Waals surface area contributed by atoms with E-state index in [4.69, 9.17) is 16.3 Å². The van der Waals surface area contributed by atoms with Crippen molar-refractivity contribution in [3.8, 4) is 11.8 Å². The molecule has 1 saturated heterocycles. The van der Waals surface area contributed by atoms with E-state index >= 15 is 0 Å². The Balaban J connectivity index is 1.71. The lowest BCUT2D eigenvalue weighted by molar-refractivity contribution is 0.0306. The van der Waals surface area contributed by atoms with Crippen molar-refractivity contribution in [2.75, 3.05) is 26.3 Å². The van der Waals surface area contributed by atoms with Gasteiger partial charge in [0.15, 0.2) is 5.01 Å². The van der Waals surface area contributed by atoms with E-state index in [0.29, 0.717) is 41.2 Å². The van der Waals surface area contributed by atoms with Gasteiger partial charge in [-0.3, -0.25) is 4.79 Å². The van der Waals surface area contributed by atoms with Crippen LogP contribution in [0.1, 0.15) is 20.2 Å². The largest absolute Gasteiger partial charge is 0.378 e. The van der Waals surface area contributed by atoms with Crippen LogP contribution >= 0.6 is 22.9 Å². The highest BCUT2D eigenvalue weighted by Gasteiger charge is 2.20. The number of amides is 1. The first-order valence-electron chi connectivity index (χ1n) is 6.83. The zero-order chi connectivity index (χ0) is 15.4. The minimum atomic E-state index is 0.000318. The lowest BCUT2D eigenvalue weighted by atomic mass is 10.2. The van der Waals surface area contributed by atoms with Gasteiger partial charge in [0.25, 0.3) is 5.91 Å². The molecule has 1 amide bonds. The number of ether oxygens (including phenoxy) is 1. The lowest BCUT2D eigenvalue weighted by Gasteiger charge is -2.26. The van der Waals surface area contributed by atoms with Gasteiger partial charge in [0, 0.05) is 23.7 Å². The zero-order valence-corrected chi connectivity index (χ0v) is 13.3. The van der Waals surface area contributed by atoms with Crippen LogP contribution in [-0.2, 0) is 4.74 Å². The molecule has 3 rings (SSSR count). The number of thiazole rings is 1. The van der Waals surface area contributed by atoms with Crippen molar-refractivity contribution in [1.29, 1.82) is 0 Å². The second kappa shape index (κ2) is 6.93. The van der Waals surface area contributed by atoms with Crippen molar-refractivity contribution in [1.82, 2.24) is 9.88 Å². The summed E-state index contributed by atoms with van der Waals surface area (Å²) < 4.78 is 5.25. The predicted octanol–water partition coefficient (Wildman–Crippen LogP) is 2.67. The minimum absolute atomic E-state index is 0.000318. The third-order valence-corrected chi connectivity index (χ3v) is 4.33. The van der Waals surface area contributed by atoms with E-state index in [1.165, 1.54) is 11.3 Å². The van der Waals surface area contributed by atoms with Gasteiger partial charge in [-0.2, -0.15) is 0 Å². The Morgan fingerprint density at radius 1 is 1.23 bits per heavy atom. The molecule has 1 aromatic carbocycles. The Morgan fingerprint density at radius 2 is 1.95 bits per heavy atom. The lowest BCUT2D eigenvalue weighted by Crippen LogP contribution is -2.40. The molecule has 0 spiro atoms. The number of aromatic nitrogens is 1. The van der Waals surface area contributed by atoms with Gasteiger partial charge in [-0.1, -0.05) is 17.5 Å². The highest BCUT2D eigenvalue weighted by Crippen LogP contribution is 2.16. The van der Waals surface area contributed by atoms with Crippen LogP contribution in [0.5, 0.6) is 0 Å². The number of carbonyl (C=O) groups is 1. The van der Waals surface area contributed by atoms with Gasteiger partial charge < -0.3 is 9.64 Å². The Kier molecular flexibility index (Phi) is 4.74. The summed E-state index contributed by atoms with van der Waals surface area (Å²) in [6, 6.07) is 7.28. The molecule has 2 heterocycles. The summed E-state index contributed by atoms with van der Waals surface area (Å²) in [7, 11) is 0. The van der Waals surface area contributed by atoms with Crippen molar-refractivity contribution in [3.05, 3.63) is 50.9 Å². The fourth-order valence-corrected chi connectivity index (χ4v) is 2.88. The van der Waals surface area contributed by atoms with E-state index in [2.05, 4.69) is 16.8 Å². The van der Waals surface area contributed by atoms with E-state index in [1.807, 2.05) is 12.1 Å². The molecule has 1 aliphatic rings. The Hall–Kier alpha value is -1.87. The first-order valence-corrected chi connectivity index (χ1v) is 8.02. The van der Waals surface area contributed by atoms with Gasteiger partial charge >= 0.3 is 0 Å². The van der Waals surface area contributed by atoms with E-state index in [9.17, 15) is 4.79 Å². The molecule has 2 aromatic rings. The molecule has 1 fully saturated rings. The molecular formula is C16H13ClN2O2S. The summed E-state index contributed by atoms with van der Waals surface area (Å²) in [5, 5.41) is 1.31. The Morgan fingerprint density at radius 3 is 2.68 bits per heavy atom. The molecular weight excluding hydrogens is 320 g/mol. The Bertz CT molecular complexity index is 725. The molecule has 22 heavy (non-hydrogen) atoms. The molecule has 6 heteroatoms. The van der Waals surface area contributed by atoms with E-state index < -0.39 is 0 Å². The van der Waals surface area contributed by atoms with Gasteiger partial charge in [0.2, 0.25) is 0 Å². The van der Waals surface area contributed by atoms with E-state index in [1.54, 1.807) is 23.2 Å². The normalized spacial score (nSPS) is 14.3. The molecule has 4 nitrogen and oxygen atoms in total. The average molecular weight is 333 g/mol. The van der Waals surface area contributed by atoms with Crippen LogP contribution in [0.3, 0.4) is 0 Å². The van der Waals surface area contributed by atoms with Crippen LogP contribution in [-0.4, -0.2) is 42.1 Å². The number of nitrogens with zero attached hydrogens (tertiary/aromatic N) is 2. The highest BCUT2D eigenvalue weighted by atomic mass is 35.5. The maximum Gasteiger partial charge on any atom is 0.265 e. The van der Waals surface area contributed by atoms with Crippen LogP contribution in [0.15, 0.2) is 30.5 Å². The number of morpholine rings is 1. The molecule has 0 atom stereocenters. The number of rotatable bonds is 1. The molecule has 1 aliphatic heterocycles. The van der Waals surface area contributed by atoms with Crippen molar-refractivity contribution < 1.29 is 9.53 Å². The summed E-state index contributed by atoms with van der Waals surface area (Å²) in [6.45, 7) is 2.44. The summed E-state index contributed by atoms with van der Waals surface area (Å²) in [5.74, 6) is 5.99. The molecule has 0 radical (unpaired) electrons. The second-order valence-electron chi connectivity index (χ2n) is 4.69. The topological polar surface area (TPSA) is 42.4 Å². The zero-order valence-electron chi connectivity index (χ0n) is 11.7. The van der Waals surface area contributed by atoms with Crippen LogP contribution in [0.4, 0.5) is 0 Å². The summed E-state index contributed by atoms with van der Waals surface area (Å²) in [4.78, 5) is 18.9. The first-order chi connectivity index (χ1) is 10.7. The van der Waals surface area contributed by atoms with Crippen LogP contribution in [0.25, 0.3) is 0 Å². The summed E-state index contributed by atoms with van der Waals surface area (Å²) >= 11 is 7.15. The van der Waals surface area contributed by atoms with Gasteiger partial charge in [-0.25, -0.2) is 4.98 Å². The standard InChI is InChI=1S/C16H13ClN2O2S/c17-13-4-1-12(2-5-13)3-6-15-18-11-14(22-15)16(20)19-7-9-21-10-8-19/h1-2,4-5,11H,7-10H2. The number of hydrogen-bond acceptors (Lipinski definition) is 4. The van der Waals surface area contributed by atoms with Crippen molar-refractivity contribution in [2.45, 2.75) is 0 Å². The van der Waals surface area contributed by atoms with Crippen molar-refractivity contribution >= 4 is 28.8 Å². The molecule has 0 N–H and O–H groups in total. The third-order valence-electron chi connectivity index (χ3n) is 3.17. The predicted molar refractivity (Wildman–Crippen MR) is 86.3 cm³/mol. The molecule has 0 saturated carbocycles. The second-order valence-corrected chi connectivity index (χ2v) is 6.16. The van der Waals surface area contributed by atoms with Crippen molar-refractivity contribution in [3.63, 3.8) is 0 Å². The third kappa shape index (κ3) is 3.66. The van der Waals surface area contributed by atoms with E-state index in [-0.39, 0.29) is 5.91 Å². The Labute approximate surface area is 137 Å². The van der Waals surface area contributed by atoms with Gasteiger partial charge in [0.05, 0.1) is 19.4 Å². The molecule has 112 valence electrons. The van der Waals surface area contributed by atoms with E-state index in [0.717, 1.165) is 5.56 Å². The fourth-order valence-electron chi connectivity index (χ4n) is 2.01. The number of hydrogen-bond donors (Lipinski definition) is 0. The monoisotopic (exact) mass is 332 g/mol. The quantitative estimate of drug-likeness (QED) is 0.754. The average Bonchev–Trinajstić information content (AvgIpc) is 3.03. The number of carbonyl (C=O) groups excluding carboxylic acids is 1. The SMILES string of the molecule is O=C(c1cnc(C#Cc2ccc(Cl)cc2)s1)N1CCOCC1. The van der Waals surface area contributed by atoms with Crippen molar-refractivity contribution in [2.24, 2.45) is 0 Å². The van der Waals surface area contributed by atoms with Gasteiger partial charge in [-0.15, -0.1) is 11.3 Å². The summed E-state index contributed by atoms with van der Waals surface area (Å²) in [5.41, 5.74) is 0.862. The maximum atomic E-state index is 12.3. The van der Waals surface area contributed by atoms with Crippen LogP contribution in [0, 0.1) is 11.8 Å². The van der Waals surface area contributed by atoms with Crippen LogP contribution in [0.2, 0.25) is 5.02 Å². The maximum absolute atomic E-state index is 12.3. The number of halogens is 1. The molecule has 0 unspecified atom stereocenters. The molecule has 1 aromatic heterocycles. The van der Waals surface area contributed by atoms with Gasteiger partial charge in [0.1, 0.15) is 4.88 Å². The minimum Gasteiger partial charge on any atom is -0.378 e. The highest BCUT2D eigenvalue weighted by molar-refractivity contribution is 7.14.